The van der Waals surface area contributed by atoms with Crippen LogP contribution in [0.4, 0.5) is 4.39 Å². The molecule has 0 atom stereocenters. The molecule has 0 aromatic heterocycles. The van der Waals surface area contributed by atoms with Gasteiger partial charge in [0.1, 0.15) is 24.2 Å². The van der Waals surface area contributed by atoms with Crippen molar-refractivity contribution in [2.45, 2.75) is 20.0 Å². The van der Waals surface area contributed by atoms with Gasteiger partial charge in [-0.25, -0.2) is 4.39 Å². The van der Waals surface area contributed by atoms with Gasteiger partial charge in [0, 0.05) is 5.56 Å². The summed E-state index contributed by atoms with van der Waals surface area (Å²) in [7, 11) is 0. The van der Waals surface area contributed by atoms with Crippen LogP contribution in [0.5, 0.6) is 5.75 Å². The van der Waals surface area contributed by atoms with Crippen LogP contribution < -0.4 is 10.5 Å². The third kappa shape index (κ3) is 3.59. The van der Waals surface area contributed by atoms with E-state index in [1.807, 2.05) is 31.2 Å². The number of benzene rings is 2. The summed E-state index contributed by atoms with van der Waals surface area (Å²) in [6.07, 6.45) is 0.706. The Labute approximate surface area is 123 Å². The van der Waals surface area contributed by atoms with Gasteiger partial charge in [-0.05, 0) is 37.6 Å². The van der Waals surface area contributed by atoms with E-state index in [9.17, 15) is 4.39 Å². The number of hydrogen-bond donors (Lipinski definition) is 1. The molecule has 3 nitrogen and oxygen atoms in total. The Morgan fingerprint density at radius 2 is 2.05 bits per heavy atom. The zero-order chi connectivity index (χ0) is 15.2. The van der Waals surface area contributed by atoms with E-state index >= 15 is 0 Å². The molecule has 2 aromatic rings. The quantitative estimate of drug-likeness (QED) is 0.917. The lowest BCUT2D eigenvalue weighted by Crippen LogP contribution is -2.06. The molecular weight excluding hydrogens is 267 g/mol. The molecule has 0 fully saturated rings. The second-order valence-electron chi connectivity index (χ2n) is 4.83. The Morgan fingerprint density at radius 1 is 1.24 bits per heavy atom. The Kier molecular flexibility index (Phi) is 4.91. The van der Waals surface area contributed by atoms with Crippen molar-refractivity contribution >= 4 is 0 Å². The summed E-state index contributed by atoms with van der Waals surface area (Å²) in [5.74, 6) is 0.181. The highest BCUT2D eigenvalue weighted by atomic mass is 19.1. The first-order valence-electron chi connectivity index (χ1n) is 6.75. The molecule has 0 spiro atoms. The van der Waals surface area contributed by atoms with Crippen molar-refractivity contribution in [3.63, 3.8) is 0 Å². The molecule has 0 amide bonds. The van der Waals surface area contributed by atoms with Gasteiger partial charge in [0.15, 0.2) is 0 Å². The van der Waals surface area contributed by atoms with Crippen LogP contribution in [-0.2, 0) is 13.0 Å². The van der Waals surface area contributed by atoms with Crippen LogP contribution in [-0.4, -0.2) is 6.54 Å². The lowest BCUT2D eigenvalue weighted by Gasteiger charge is -2.12. The van der Waals surface area contributed by atoms with Crippen LogP contribution >= 0.6 is 0 Å². The number of nitriles is 1. The van der Waals surface area contributed by atoms with E-state index in [4.69, 9.17) is 15.7 Å². The second-order valence-corrected chi connectivity index (χ2v) is 4.83. The fourth-order valence-corrected chi connectivity index (χ4v) is 2.13. The summed E-state index contributed by atoms with van der Waals surface area (Å²) in [6, 6.07) is 12.4. The van der Waals surface area contributed by atoms with Crippen molar-refractivity contribution in [2.75, 3.05) is 6.54 Å². The molecule has 0 aliphatic heterocycles. The highest BCUT2D eigenvalue weighted by molar-refractivity contribution is 5.38. The minimum absolute atomic E-state index is 0.0298. The molecule has 0 heterocycles. The smallest absolute Gasteiger partial charge is 0.147 e. The van der Waals surface area contributed by atoms with E-state index in [1.54, 1.807) is 12.1 Å². The van der Waals surface area contributed by atoms with Gasteiger partial charge < -0.3 is 10.5 Å². The first kappa shape index (κ1) is 15.0. The van der Waals surface area contributed by atoms with Crippen LogP contribution in [0.1, 0.15) is 22.3 Å². The van der Waals surface area contributed by atoms with Gasteiger partial charge in [-0.3, -0.25) is 0 Å². The number of ether oxygens (including phenoxy) is 1. The monoisotopic (exact) mass is 284 g/mol. The Bertz CT molecular complexity index is 677. The third-order valence-corrected chi connectivity index (χ3v) is 3.21. The Morgan fingerprint density at radius 3 is 2.76 bits per heavy atom. The number of rotatable bonds is 5. The largest absolute Gasteiger partial charge is 0.489 e. The predicted octanol–water partition coefficient (Wildman–Crippen LogP) is 3.09. The average molecular weight is 284 g/mol. The SMILES string of the molecule is Cc1ccc(OCc2cccc(C#N)c2F)c(CCN)c1. The molecule has 2 N–H and O–H groups in total. The third-order valence-electron chi connectivity index (χ3n) is 3.21. The summed E-state index contributed by atoms with van der Waals surface area (Å²) < 4.78 is 19.7. The minimum Gasteiger partial charge on any atom is -0.489 e. The van der Waals surface area contributed by atoms with E-state index in [0.29, 0.717) is 24.3 Å². The molecule has 0 aliphatic carbocycles. The summed E-state index contributed by atoms with van der Waals surface area (Å²) in [5.41, 5.74) is 8.13. The van der Waals surface area contributed by atoms with Crippen molar-refractivity contribution in [2.24, 2.45) is 5.73 Å². The minimum atomic E-state index is -0.521. The van der Waals surface area contributed by atoms with Gasteiger partial charge in [0.05, 0.1) is 5.56 Å². The predicted molar refractivity (Wildman–Crippen MR) is 79.4 cm³/mol. The van der Waals surface area contributed by atoms with Crippen LogP contribution in [0.2, 0.25) is 0 Å². The molecule has 2 aromatic carbocycles. The molecule has 4 heteroatoms. The van der Waals surface area contributed by atoms with Crippen LogP contribution in [0.3, 0.4) is 0 Å². The number of nitrogens with two attached hydrogens (primary N) is 1. The maximum atomic E-state index is 14.0. The van der Waals surface area contributed by atoms with Crippen molar-refractivity contribution < 1.29 is 9.13 Å². The van der Waals surface area contributed by atoms with Crippen molar-refractivity contribution in [1.29, 1.82) is 5.26 Å². The molecule has 0 bridgehead atoms. The molecule has 0 saturated heterocycles. The Balaban J connectivity index is 2.19. The number of hydrogen-bond acceptors (Lipinski definition) is 3. The van der Waals surface area contributed by atoms with Gasteiger partial charge in [-0.2, -0.15) is 5.26 Å². The zero-order valence-corrected chi connectivity index (χ0v) is 11.9. The van der Waals surface area contributed by atoms with E-state index in [1.165, 1.54) is 6.07 Å². The standard InChI is InChI=1S/C17H17FN2O/c1-12-5-6-16(13(9-12)7-8-19)21-11-15-4-2-3-14(10-20)17(15)18/h2-6,9H,7-8,11,19H2,1H3. The fourth-order valence-electron chi connectivity index (χ4n) is 2.13. The zero-order valence-electron chi connectivity index (χ0n) is 11.9. The second kappa shape index (κ2) is 6.87. The van der Waals surface area contributed by atoms with Crippen molar-refractivity contribution in [1.82, 2.24) is 0 Å². The lowest BCUT2D eigenvalue weighted by molar-refractivity contribution is 0.296. The number of halogens is 1. The highest BCUT2D eigenvalue weighted by Gasteiger charge is 2.09. The van der Waals surface area contributed by atoms with Gasteiger partial charge in [0.25, 0.3) is 0 Å². The normalized spacial score (nSPS) is 10.2. The first-order chi connectivity index (χ1) is 10.2. The van der Waals surface area contributed by atoms with Crippen molar-refractivity contribution in [3.05, 3.63) is 64.5 Å². The summed E-state index contributed by atoms with van der Waals surface area (Å²) >= 11 is 0. The van der Waals surface area contributed by atoms with E-state index in [0.717, 1.165) is 11.1 Å². The van der Waals surface area contributed by atoms with Crippen LogP contribution in [0.15, 0.2) is 36.4 Å². The molecular formula is C17H17FN2O. The van der Waals surface area contributed by atoms with E-state index < -0.39 is 5.82 Å². The van der Waals surface area contributed by atoms with Crippen molar-refractivity contribution in [3.8, 4) is 11.8 Å². The first-order valence-corrected chi connectivity index (χ1v) is 6.75. The maximum absolute atomic E-state index is 14.0. The summed E-state index contributed by atoms with van der Waals surface area (Å²) in [6.45, 7) is 2.61. The van der Waals surface area contributed by atoms with E-state index in [-0.39, 0.29) is 12.2 Å². The topological polar surface area (TPSA) is 59.0 Å². The lowest BCUT2D eigenvalue weighted by atomic mass is 10.1. The molecule has 0 aliphatic rings. The van der Waals surface area contributed by atoms with Gasteiger partial charge in [-0.1, -0.05) is 29.8 Å². The molecule has 2 rings (SSSR count). The Hall–Kier alpha value is -2.38. The maximum Gasteiger partial charge on any atom is 0.147 e. The summed E-state index contributed by atoms with van der Waals surface area (Å²) in [5, 5.41) is 8.83. The van der Waals surface area contributed by atoms with E-state index in [2.05, 4.69) is 0 Å². The molecule has 108 valence electrons. The van der Waals surface area contributed by atoms with Crippen LogP contribution in [0.25, 0.3) is 0 Å². The van der Waals surface area contributed by atoms with Crippen LogP contribution in [0, 0.1) is 24.1 Å². The van der Waals surface area contributed by atoms with Gasteiger partial charge in [-0.15, -0.1) is 0 Å². The molecule has 21 heavy (non-hydrogen) atoms. The molecule has 0 unspecified atom stereocenters. The number of nitrogens with zero attached hydrogens (tertiary/aromatic N) is 1. The highest BCUT2D eigenvalue weighted by Crippen LogP contribution is 2.22. The number of aryl methyl sites for hydroxylation is 1. The van der Waals surface area contributed by atoms with Gasteiger partial charge >= 0.3 is 0 Å². The average Bonchev–Trinajstić information content (AvgIpc) is 2.48. The summed E-state index contributed by atoms with van der Waals surface area (Å²) in [4.78, 5) is 0. The van der Waals surface area contributed by atoms with Gasteiger partial charge in [0.2, 0.25) is 0 Å². The molecule has 0 radical (unpaired) electrons. The fraction of sp³-hybridized carbons (Fsp3) is 0.235. The molecule has 0 saturated carbocycles.